The summed E-state index contributed by atoms with van der Waals surface area (Å²) in [6.45, 7) is 3.69. The van der Waals surface area contributed by atoms with Crippen molar-refractivity contribution in [2.24, 2.45) is 0 Å². The second-order valence-corrected chi connectivity index (χ2v) is 4.77. The third-order valence-electron chi connectivity index (χ3n) is 2.53. The number of carbonyl (C=O) groups excluding carboxylic acids is 1. The summed E-state index contributed by atoms with van der Waals surface area (Å²) in [5.74, 6) is 0.217. The normalized spacial score (nSPS) is 11.1. The van der Waals surface area contributed by atoms with Crippen LogP contribution in [0.2, 0.25) is 0 Å². The van der Waals surface area contributed by atoms with E-state index < -0.39 is 0 Å². The Morgan fingerprint density at radius 1 is 1.32 bits per heavy atom. The molecule has 0 unspecified atom stereocenters. The SMILES string of the molecule is Cc1nc(S/C=C/C(=O)c2ccc(F)cc2)oc1C. The number of hydrogen-bond acceptors (Lipinski definition) is 4. The maximum absolute atomic E-state index is 12.7. The number of nitrogens with zero attached hydrogens (tertiary/aromatic N) is 1. The van der Waals surface area contributed by atoms with E-state index in [1.54, 1.807) is 5.41 Å². The minimum Gasteiger partial charge on any atom is -0.436 e. The molecule has 3 nitrogen and oxygen atoms in total. The molecule has 0 N–H and O–H groups in total. The van der Waals surface area contributed by atoms with Crippen molar-refractivity contribution in [1.29, 1.82) is 0 Å². The lowest BCUT2D eigenvalue weighted by Crippen LogP contribution is -1.93. The first kappa shape index (κ1) is 13.5. The van der Waals surface area contributed by atoms with E-state index >= 15 is 0 Å². The second kappa shape index (κ2) is 5.84. The van der Waals surface area contributed by atoms with Gasteiger partial charge in [0.15, 0.2) is 5.78 Å². The van der Waals surface area contributed by atoms with Gasteiger partial charge in [-0.3, -0.25) is 4.79 Å². The summed E-state index contributed by atoms with van der Waals surface area (Å²) in [5.41, 5.74) is 1.28. The molecule has 0 amide bonds. The fourth-order valence-corrected chi connectivity index (χ4v) is 2.03. The number of allylic oxidation sites excluding steroid dienone is 1. The molecule has 1 aromatic carbocycles. The fourth-order valence-electron chi connectivity index (χ4n) is 1.36. The molecule has 0 aliphatic rings. The average molecular weight is 277 g/mol. The lowest BCUT2D eigenvalue weighted by molar-refractivity contribution is 0.104. The van der Waals surface area contributed by atoms with Crippen molar-refractivity contribution in [1.82, 2.24) is 4.98 Å². The first-order valence-corrected chi connectivity index (χ1v) is 6.51. The van der Waals surface area contributed by atoms with E-state index in [-0.39, 0.29) is 11.6 Å². The molecule has 0 bridgehead atoms. The van der Waals surface area contributed by atoms with E-state index in [2.05, 4.69) is 4.98 Å². The van der Waals surface area contributed by atoms with Gasteiger partial charge >= 0.3 is 0 Å². The van der Waals surface area contributed by atoms with Crippen LogP contribution in [0.4, 0.5) is 4.39 Å². The highest BCUT2D eigenvalue weighted by atomic mass is 32.2. The summed E-state index contributed by atoms with van der Waals surface area (Å²) < 4.78 is 18.1. The third-order valence-corrected chi connectivity index (χ3v) is 3.17. The van der Waals surface area contributed by atoms with Crippen molar-refractivity contribution in [3.05, 3.63) is 58.6 Å². The predicted molar refractivity (Wildman–Crippen MR) is 71.7 cm³/mol. The highest BCUT2D eigenvalue weighted by Gasteiger charge is 2.05. The molecular formula is C14H12FNO2S. The highest BCUT2D eigenvalue weighted by Crippen LogP contribution is 2.21. The lowest BCUT2D eigenvalue weighted by Gasteiger charge is -1.94. The van der Waals surface area contributed by atoms with Gasteiger partial charge in [-0.05, 0) is 61.4 Å². The summed E-state index contributed by atoms with van der Waals surface area (Å²) in [7, 11) is 0. The molecular weight excluding hydrogens is 265 g/mol. The molecule has 98 valence electrons. The molecule has 0 aliphatic heterocycles. The number of benzene rings is 1. The molecule has 0 saturated heterocycles. The zero-order valence-corrected chi connectivity index (χ0v) is 11.3. The Bertz CT molecular complexity index is 597. The zero-order chi connectivity index (χ0) is 13.8. The molecule has 0 radical (unpaired) electrons. The molecule has 2 rings (SSSR count). The standard InChI is InChI=1S/C14H12FNO2S/c1-9-10(2)18-14(16-9)19-8-7-13(17)11-3-5-12(15)6-4-11/h3-8H,1-2H3/b8-7+. The van der Waals surface area contributed by atoms with Crippen LogP contribution in [0.5, 0.6) is 0 Å². The van der Waals surface area contributed by atoms with Crippen LogP contribution < -0.4 is 0 Å². The van der Waals surface area contributed by atoms with Gasteiger partial charge in [0.1, 0.15) is 11.6 Å². The first-order valence-electron chi connectivity index (χ1n) is 5.63. The molecule has 19 heavy (non-hydrogen) atoms. The number of rotatable bonds is 4. The Morgan fingerprint density at radius 3 is 2.58 bits per heavy atom. The first-order chi connectivity index (χ1) is 9.06. The molecule has 0 aliphatic carbocycles. The monoisotopic (exact) mass is 277 g/mol. The van der Waals surface area contributed by atoms with Gasteiger partial charge in [0.05, 0.1) is 5.69 Å². The van der Waals surface area contributed by atoms with Gasteiger partial charge < -0.3 is 4.42 Å². The molecule has 0 saturated carbocycles. The van der Waals surface area contributed by atoms with Crippen molar-refractivity contribution >= 4 is 17.5 Å². The van der Waals surface area contributed by atoms with Crippen molar-refractivity contribution in [2.75, 3.05) is 0 Å². The number of aryl methyl sites for hydroxylation is 2. The van der Waals surface area contributed by atoms with Crippen LogP contribution in [0, 0.1) is 19.7 Å². The molecule has 5 heteroatoms. The van der Waals surface area contributed by atoms with Gasteiger partial charge in [0, 0.05) is 5.56 Å². The second-order valence-electron chi connectivity index (χ2n) is 3.91. The Kier molecular flexibility index (Phi) is 4.16. The molecule has 2 aromatic rings. The number of ketones is 1. The number of carbonyl (C=O) groups is 1. The predicted octanol–water partition coefficient (Wildman–Crippen LogP) is 3.92. The lowest BCUT2D eigenvalue weighted by atomic mass is 10.1. The van der Waals surface area contributed by atoms with Gasteiger partial charge in [-0.2, -0.15) is 0 Å². The largest absolute Gasteiger partial charge is 0.436 e. The Balaban J connectivity index is 1.99. The summed E-state index contributed by atoms with van der Waals surface area (Å²) in [6.07, 6.45) is 1.41. The minimum atomic E-state index is -0.361. The topological polar surface area (TPSA) is 43.1 Å². The van der Waals surface area contributed by atoms with Crippen molar-refractivity contribution in [3.63, 3.8) is 0 Å². The number of aromatic nitrogens is 1. The summed E-state index contributed by atoms with van der Waals surface area (Å²) in [5, 5.41) is 2.11. The Hall–Kier alpha value is -1.88. The van der Waals surface area contributed by atoms with E-state index in [1.807, 2.05) is 13.8 Å². The zero-order valence-electron chi connectivity index (χ0n) is 10.5. The van der Waals surface area contributed by atoms with Crippen LogP contribution in [0.25, 0.3) is 0 Å². The van der Waals surface area contributed by atoms with Gasteiger partial charge in [-0.1, -0.05) is 0 Å². The number of hydrogen-bond donors (Lipinski definition) is 0. The van der Waals surface area contributed by atoms with Gasteiger partial charge in [-0.15, -0.1) is 0 Å². The van der Waals surface area contributed by atoms with Gasteiger partial charge in [0.2, 0.25) is 0 Å². The average Bonchev–Trinajstić information content (AvgIpc) is 2.69. The summed E-state index contributed by atoms with van der Waals surface area (Å²) >= 11 is 1.23. The van der Waals surface area contributed by atoms with Crippen LogP contribution in [-0.2, 0) is 0 Å². The number of oxazole rings is 1. The quantitative estimate of drug-likeness (QED) is 0.482. The van der Waals surface area contributed by atoms with E-state index in [0.717, 1.165) is 11.5 Å². The maximum Gasteiger partial charge on any atom is 0.260 e. The molecule has 0 fully saturated rings. The van der Waals surface area contributed by atoms with Crippen molar-refractivity contribution in [2.45, 2.75) is 19.1 Å². The van der Waals surface area contributed by atoms with Gasteiger partial charge in [-0.25, -0.2) is 9.37 Å². The van der Waals surface area contributed by atoms with Crippen LogP contribution in [0.15, 0.2) is 45.4 Å². The highest BCUT2D eigenvalue weighted by molar-refractivity contribution is 8.01. The van der Waals surface area contributed by atoms with Crippen LogP contribution >= 0.6 is 11.8 Å². The van der Waals surface area contributed by atoms with Crippen LogP contribution in [0.1, 0.15) is 21.8 Å². The Morgan fingerprint density at radius 2 is 2.00 bits per heavy atom. The maximum atomic E-state index is 12.7. The third kappa shape index (κ3) is 3.54. The van der Waals surface area contributed by atoms with E-state index in [4.69, 9.17) is 4.42 Å². The molecule has 0 atom stereocenters. The molecule has 1 aromatic heterocycles. The van der Waals surface area contributed by atoms with Crippen LogP contribution in [0.3, 0.4) is 0 Å². The molecule has 1 heterocycles. The van der Waals surface area contributed by atoms with Crippen molar-refractivity contribution in [3.8, 4) is 0 Å². The Labute approximate surface area is 114 Å². The minimum absolute atomic E-state index is 0.187. The summed E-state index contributed by atoms with van der Waals surface area (Å²) in [6, 6.07) is 5.42. The van der Waals surface area contributed by atoms with Crippen molar-refractivity contribution < 1.29 is 13.6 Å². The smallest absolute Gasteiger partial charge is 0.260 e. The van der Waals surface area contributed by atoms with E-state index in [9.17, 15) is 9.18 Å². The number of halogens is 1. The molecule has 0 spiro atoms. The number of thioether (sulfide) groups is 1. The van der Waals surface area contributed by atoms with E-state index in [0.29, 0.717) is 10.8 Å². The van der Waals surface area contributed by atoms with Crippen LogP contribution in [-0.4, -0.2) is 10.8 Å². The fraction of sp³-hybridized carbons (Fsp3) is 0.143. The van der Waals surface area contributed by atoms with E-state index in [1.165, 1.54) is 42.1 Å². The van der Waals surface area contributed by atoms with Gasteiger partial charge in [0.25, 0.3) is 5.22 Å². The summed E-state index contributed by atoms with van der Waals surface area (Å²) in [4.78, 5) is 15.9.